The Morgan fingerprint density at radius 3 is 2.78 bits per heavy atom. The highest BCUT2D eigenvalue weighted by Gasteiger charge is 2.21. The molecule has 0 radical (unpaired) electrons. The summed E-state index contributed by atoms with van der Waals surface area (Å²) in [7, 11) is 1.55. The lowest BCUT2D eigenvalue weighted by atomic mass is 10.1. The lowest BCUT2D eigenvalue weighted by Gasteiger charge is -2.25. The van der Waals surface area contributed by atoms with Crippen LogP contribution < -0.4 is 4.90 Å². The molecule has 1 aromatic rings. The highest BCUT2D eigenvalue weighted by Crippen LogP contribution is 2.22. The van der Waals surface area contributed by atoms with Crippen LogP contribution in [0.2, 0.25) is 0 Å². The number of allylic oxidation sites excluding steroid dienone is 1. The second-order valence-electron chi connectivity index (χ2n) is 3.92. The second-order valence-corrected chi connectivity index (χ2v) is 4.58. The molecule has 98 valence electrons. The first-order valence-electron chi connectivity index (χ1n) is 5.75. The maximum Gasteiger partial charge on any atom is 0.246 e. The van der Waals surface area contributed by atoms with Crippen LogP contribution in [0.15, 0.2) is 36.9 Å². The van der Waals surface area contributed by atoms with Crippen LogP contribution in [0.3, 0.4) is 0 Å². The van der Waals surface area contributed by atoms with Crippen LogP contribution in [0.4, 0.5) is 5.69 Å². The molecule has 0 aliphatic heterocycles. The zero-order valence-corrected chi connectivity index (χ0v) is 11.5. The van der Waals surface area contributed by atoms with Gasteiger partial charge in [-0.15, -0.1) is 18.2 Å². The van der Waals surface area contributed by atoms with Crippen molar-refractivity contribution in [3.05, 3.63) is 42.5 Å². The molecule has 0 saturated carbocycles. The number of amides is 1. The fraction of sp³-hybridized carbons (Fsp3) is 0.357. The normalized spacial score (nSPS) is 11.9. The zero-order valence-electron chi connectivity index (χ0n) is 10.7. The van der Waals surface area contributed by atoms with Crippen LogP contribution in [-0.2, 0) is 16.0 Å². The van der Waals surface area contributed by atoms with Crippen LogP contribution in [0.5, 0.6) is 0 Å². The standard InChI is InChI=1S/C14H18ClNO2/c1-4-7-12-8-5-6-9-13(12)16(10-18-3)14(17)11(2)15/h4-6,8-9,11H,1,7,10H2,2-3H3. The third-order valence-electron chi connectivity index (χ3n) is 2.51. The van der Waals surface area contributed by atoms with Gasteiger partial charge in [-0.25, -0.2) is 0 Å². The fourth-order valence-electron chi connectivity index (χ4n) is 1.70. The van der Waals surface area contributed by atoms with Crippen molar-refractivity contribution in [3.8, 4) is 0 Å². The van der Waals surface area contributed by atoms with Crippen LogP contribution in [-0.4, -0.2) is 25.1 Å². The van der Waals surface area contributed by atoms with Gasteiger partial charge in [0.15, 0.2) is 0 Å². The summed E-state index contributed by atoms with van der Waals surface area (Å²) in [4.78, 5) is 13.6. The third kappa shape index (κ3) is 3.59. The minimum absolute atomic E-state index is 0.171. The summed E-state index contributed by atoms with van der Waals surface area (Å²) < 4.78 is 5.08. The van der Waals surface area contributed by atoms with Crippen molar-refractivity contribution in [1.29, 1.82) is 0 Å². The van der Waals surface area contributed by atoms with Crippen molar-refractivity contribution in [1.82, 2.24) is 0 Å². The minimum atomic E-state index is -0.586. The number of nitrogens with zero attached hydrogens (tertiary/aromatic N) is 1. The molecule has 1 atom stereocenters. The Kier molecular flexibility index (Phi) is 5.89. The quantitative estimate of drug-likeness (QED) is 0.451. The van der Waals surface area contributed by atoms with Crippen molar-refractivity contribution in [2.75, 3.05) is 18.7 Å². The molecule has 0 aromatic heterocycles. The molecule has 4 heteroatoms. The number of halogens is 1. The number of methoxy groups -OCH3 is 1. The van der Waals surface area contributed by atoms with Gasteiger partial charge in [0.2, 0.25) is 5.91 Å². The van der Waals surface area contributed by atoms with Gasteiger partial charge >= 0.3 is 0 Å². The Hall–Kier alpha value is -1.32. The molecule has 3 nitrogen and oxygen atoms in total. The molecule has 0 fully saturated rings. The largest absolute Gasteiger partial charge is 0.364 e. The molecule has 1 aromatic carbocycles. The van der Waals surface area contributed by atoms with E-state index in [1.165, 1.54) is 0 Å². The van der Waals surface area contributed by atoms with E-state index < -0.39 is 5.38 Å². The van der Waals surface area contributed by atoms with E-state index in [1.807, 2.05) is 24.3 Å². The number of hydrogen-bond donors (Lipinski definition) is 0. The monoisotopic (exact) mass is 267 g/mol. The Morgan fingerprint density at radius 2 is 2.22 bits per heavy atom. The highest BCUT2D eigenvalue weighted by atomic mass is 35.5. The number of benzene rings is 1. The van der Waals surface area contributed by atoms with E-state index in [-0.39, 0.29) is 12.6 Å². The Morgan fingerprint density at radius 1 is 1.56 bits per heavy atom. The van der Waals surface area contributed by atoms with Crippen molar-refractivity contribution in [2.45, 2.75) is 18.7 Å². The summed E-state index contributed by atoms with van der Waals surface area (Å²) in [6.07, 6.45) is 2.50. The Bertz CT molecular complexity index is 418. The molecule has 0 heterocycles. The SMILES string of the molecule is C=CCc1ccccc1N(COC)C(=O)C(C)Cl. The summed E-state index contributed by atoms with van der Waals surface area (Å²) in [6.45, 7) is 5.56. The van der Waals surface area contributed by atoms with E-state index in [1.54, 1.807) is 25.0 Å². The molecule has 0 N–H and O–H groups in total. The molecule has 0 saturated heterocycles. The summed E-state index contributed by atoms with van der Waals surface area (Å²) in [6, 6.07) is 7.67. The maximum absolute atomic E-state index is 12.1. The molecular weight excluding hydrogens is 250 g/mol. The predicted octanol–water partition coefficient (Wildman–Crippen LogP) is 2.98. The van der Waals surface area contributed by atoms with Crippen molar-refractivity contribution >= 4 is 23.2 Å². The maximum atomic E-state index is 12.1. The summed E-state index contributed by atoms with van der Waals surface area (Å²) in [5.74, 6) is -0.171. The number of rotatable bonds is 6. The molecule has 0 aliphatic rings. The number of carbonyl (C=O) groups excluding carboxylic acids is 1. The lowest BCUT2D eigenvalue weighted by molar-refractivity contribution is -0.119. The van der Waals surface area contributed by atoms with Crippen LogP contribution in [0, 0.1) is 0 Å². The molecule has 0 aliphatic carbocycles. The first kappa shape index (κ1) is 14.7. The van der Waals surface area contributed by atoms with Crippen LogP contribution >= 0.6 is 11.6 Å². The van der Waals surface area contributed by atoms with Gasteiger partial charge in [0, 0.05) is 12.8 Å². The van der Waals surface area contributed by atoms with Gasteiger partial charge in [-0.2, -0.15) is 0 Å². The van der Waals surface area contributed by atoms with Crippen molar-refractivity contribution < 1.29 is 9.53 Å². The summed E-state index contributed by atoms with van der Waals surface area (Å²) >= 11 is 5.87. The van der Waals surface area contributed by atoms with Crippen molar-refractivity contribution in [3.63, 3.8) is 0 Å². The smallest absolute Gasteiger partial charge is 0.246 e. The predicted molar refractivity (Wildman–Crippen MR) is 75.0 cm³/mol. The zero-order chi connectivity index (χ0) is 13.5. The Balaban J connectivity index is 3.12. The van der Waals surface area contributed by atoms with Crippen LogP contribution in [0.25, 0.3) is 0 Å². The van der Waals surface area contributed by atoms with Crippen LogP contribution in [0.1, 0.15) is 12.5 Å². The van der Waals surface area contributed by atoms with Gasteiger partial charge in [-0.1, -0.05) is 24.3 Å². The number of alkyl halides is 1. The highest BCUT2D eigenvalue weighted by molar-refractivity contribution is 6.32. The lowest BCUT2D eigenvalue weighted by Crippen LogP contribution is -2.37. The van der Waals surface area contributed by atoms with E-state index >= 15 is 0 Å². The molecular formula is C14H18ClNO2. The fourth-order valence-corrected chi connectivity index (χ4v) is 1.82. The Labute approximate surface area is 113 Å². The van der Waals surface area contributed by atoms with Gasteiger partial charge in [-0.3, -0.25) is 9.69 Å². The summed E-state index contributed by atoms with van der Waals surface area (Å²) in [5.41, 5.74) is 1.84. The van der Waals surface area contributed by atoms with Gasteiger partial charge in [0.05, 0.1) is 0 Å². The molecule has 1 unspecified atom stereocenters. The molecule has 0 spiro atoms. The summed E-state index contributed by atoms with van der Waals surface area (Å²) in [5, 5.41) is -0.586. The van der Waals surface area contributed by atoms with E-state index in [4.69, 9.17) is 16.3 Å². The van der Waals surface area contributed by atoms with E-state index in [0.717, 1.165) is 11.3 Å². The first-order valence-corrected chi connectivity index (χ1v) is 6.18. The van der Waals surface area contributed by atoms with Gasteiger partial charge in [0.25, 0.3) is 0 Å². The first-order chi connectivity index (χ1) is 8.61. The number of carbonyl (C=O) groups is 1. The molecule has 1 rings (SSSR count). The molecule has 1 amide bonds. The van der Waals surface area contributed by atoms with Gasteiger partial charge < -0.3 is 4.74 Å². The second kappa shape index (κ2) is 7.19. The van der Waals surface area contributed by atoms with E-state index in [0.29, 0.717) is 6.42 Å². The third-order valence-corrected chi connectivity index (χ3v) is 2.70. The number of anilines is 1. The molecule has 18 heavy (non-hydrogen) atoms. The average molecular weight is 268 g/mol. The number of ether oxygens (including phenoxy) is 1. The number of hydrogen-bond acceptors (Lipinski definition) is 2. The number of para-hydroxylation sites is 1. The minimum Gasteiger partial charge on any atom is -0.364 e. The van der Waals surface area contributed by atoms with E-state index in [9.17, 15) is 4.79 Å². The topological polar surface area (TPSA) is 29.5 Å². The van der Waals surface area contributed by atoms with E-state index in [2.05, 4.69) is 6.58 Å². The van der Waals surface area contributed by atoms with Gasteiger partial charge in [-0.05, 0) is 25.0 Å². The van der Waals surface area contributed by atoms with Gasteiger partial charge in [0.1, 0.15) is 12.1 Å². The average Bonchev–Trinajstić information content (AvgIpc) is 2.36. The van der Waals surface area contributed by atoms with Crippen molar-refractivity contribution in [2.24, 2.45) is 0 Å². The molecule has 0 bridgehead atoms.